The molecule has 98 valence electrons. The van der Waals surface area contributed by atoms with E-state index in [1.165, 1.54) is 0 Å². The van der Waals surface area contributed by atoms with Gasteiger partial charge < -0.3 is 5.32 Å². The van der Waals surface area contributed by atoms with Crippen LogP contribution >= 0.6 is 34.5 Å². The van der Waals surface area contributed by atoms with Crippen LogP contribution in [0.4, 0.5) is 11.4 Å². The highest BCUT2D eigenvalue weighted by Crippen LogP contribution is 2.34. The predicted molar refractivity (Wildman–Crippen MR) is 75.4 cm³/mol. The normalized spacial score (nSPS) is 10.2. The first-order chi connectivity index (χ1) is 8.97. The molecule has 0 fully saturated rings. The van der Waals surface area contributed by atoms with Gasteiger partial charge in [0.05, 0.1) is 4.92 Å². The maximum atomic E-state index is 11.9. The monoisotopic (exact) mass is 316 g/mol. The number of hydrogen-bond acceptors (Lipinski definition) is 4. The van der Waals surface area contributed by atoms with Gasteiger partial charge in [-0.25, -0.2) is 0 Å². The van der Waals surface area contributed by atoms with E-state index in [-0.39, 0.29) is 14.9 Å². The summed E-state index contributed by atoms with van der Waals surface area (Å²) in [6.45, 7) is 0. The van der Waals surface area contributed by atoms with Crippen molar-refractivity contribution >= 4 is 51.8 Å². The summed E-state index contributed by atoms with van der Waals surface area (Å²) in [6.07, 6.45) is 0. The third-order valence-electron chi connectivity index (χ3n) is 2.17. The van der Waals surface area contributed by atoms with Crippen molar-refractivity contribution in [3.05, 3.63) is 54.7 Å². The maximum absolute atomic E-state index is 11.9. The minimum atomic E-state index is -0.630. The number of hydrogen-bond donors (Lipinski definition) is 1. The van der Waals surface area contributed by atoms with E-state index in [0.717, 1.165) is 17.4 Å². The molecule has 0 bridgehead atoms. The molecule has 1 N–H and O–H groups in total. The fourth-order valence-electron chi connectivity index (χ4n) is 1.35. The molecular weight excluding hydrogens is 311 g/mol. The molecule has 0 spiro atoms. The van der Waals surface area contributed by atoms with E-state index in [2.05, 4.69) is 5.32 Å². The van der Waals surface area contributed by atoms with Crippen LogP contribution in [-0.4, -0.2) is 10.8 Å². The van der Waals surface area contributed by atoms with Gasteiger partial charge >= 0.3 is 0 Å². The van der Waals surface area contributed by atoms with Gasteiger partial charge in [-0.15, -0.1) is 11.3 Å². The number of carbonyl (C=O) groups excluding carboxylic acids is 1. The van der Waals surface area contributed by atoms with Crippen LogP contribution in [0.1, 0.15) is 9.67 Å². The van der Waals surface area contributed by atoms with Crippen LogP contribution in [-0.2, 0) is 0 Å². The smallest absolute Gasteiger partial charge is 0.299 e. The molecule has 8 heteroatoms. The number of nitrogens with one attached hydrogen (secondary N) is 1. The number of benzene rings is 1. The maximum Gasteiger partial charge on any atom is 0.299 e. The van der Waals surface area contributed by atoms with E-state index in [4.69, 9.17) is 23.2 Å². The van der Waals surface area contributed by atoms with Crippen LogP contribution in [0.25, 0.3) is 0 Å². The molecule has 0 unspecified atom stereocenters. The molecule has 0 aliphatic rings. The van der Waals surface area contributed by atoms with Gasteiger partial charge in [0.25, 0.3) is 11.6 Å². The summed E-state index contributed by atoms with van der Waals surface area (Å²) in [5, 5.41) is 13.7. The summed E-state index contributed by atoms with van der Waals surface area (Å²) in [6, 6.07) is 7.73. The molecule has 2 aromatic rings. The first-order valence-corrected chi connectivity index (χ1v) is 6.55. The number of carbonyl (C=O) groups is 1. The quantitative estimate of drug-likeness (QED) is 0.680. The SMILES string of the molecule is O=C(Nc1cccc(Cl)c1)c1cc([N+](=O)[O-])c(Cl)s1. The van der Waals surface area contributed by atoms with Gasteiger partial charge in [-0.05, 0) is 18.2 Å². The van der Waals surface area contributed by atoms with Gasteiger partial charge in [0.15, 0.2) is 4.34 Å². The summed E-state index contributed by atoms with van der Waals surface area (Å²) in [5.41, 5.74) is 0.229. The molecule has 1 aromatic carbocycles. The van der Waals surface area contributed by atoms with Crippen LogP contribution in [0.2, 0.25) is 9.36 Å². The molecule has 0 saturated carbocycles. The Morgan fingerprint density at radius 2 is 2.05 bits per heavy atom. The number of nitro groups is 1. The standard InChI is InChI=1S/C11H6Cl2N2O3S/c12-6-2-1-3-7(4-6)14-11(16)9-5-8(15(17)18)10(13)19-9/h1-5H,(H,14,16). The number of rotatable bonds is 3. The van der Waals surface area contributed by atoms with Gasteiger partial charge in [0.2, 0.25) is 0 Å². The summed E-state index contributed by atoms with van der Waals surface area (Å²) in [7, 11) is 0. The molecule has 1 amide bonds. The van der Waals surface area contributed by atoms with Crippen molar-refractivity contribution in [2.75, 3.05) is 5.32 Å². The third-order valence-corrected chi connectivity index (χ3v) is 3.74. The van der Waals surface area contributed by atoms with Gasteiger partial charge in [-0.2, -0.15) is 0 Å². The molecule has 1 heterocycles. The van der Waals surface area contributed by atoms with Crippen LogP contribution in [0.5, 0.6) is 0 Å². The fraction of sp³-hybridized carbons (Fsp3) is 0. The number of amides is 1. The summed E-state index contributed by atoms with van der Waals surface area (Å²) < 4.78 is -0.0266. The van der Waals surface area contributed by atoms with Crippen LogP contribution in [0.15, 0.2) is 30.3 Å². The molecule has 1 aromatic heterocycles. The molecule has 0 atom stereocenters. The third kappa shape index (κ3) is 3.23. The minimum absolute atomic E-state index is 0.0266. The van der Waals surface area contributed by atoms with Crippen LogP contribution < -0.4 is 5.32 Å². The summed E-state index contributed by atoms with van der Waals surface area (Å²) >= 11 is 12.3. The van der Waals surface area contributed by atoms with Gasteiger partial charge in [-0.3, -0.25) is 14.9 Å². The van der Waals surface area contributed by atoms with Crippen molar-refractivity contribution in [1.82, 2.24) is 0 Å². The molecular formula is C11H6Cl2N2O3S. The van der Waals surface area contributed by atoms with Gasteiger partial charge in [-0.1, -0.05) is 29.3 Å². The highest BCUT2D eigenvalue weighted by atomic mass is 35.5. The van der Waals surface area contributed by atoms with Crippen molar-refractivity contribution in [2.45, 2.75) is 0 Å². The molecule has 0 saturated heterocycles. The average Bonchev–Trinajstić information content (AvgIpc) is 2.71. The second-order valence-corrected chi connectivity index (χ2v) is 5.58. The Morgan fingerprint density at radius 1 is 1.32 bits per heavy atom. The molecule has 19 heavy (non-hydrogen) atoms. The Kier molecular flexibility index (Phi) is 4.04. The first-order valence-electron chi connectivity index (χ1n) is 4.98. The minimum Gasteiger partial charge on any atom is -0.321 e. The van der Waals surface area contributed by atoms with E-state index in [9.17, 15) is 14.9 Å². The lowest BCUT2D eigenvalue weighted by Crippen LogP contribution is -2.09. The summed E-state index contributed by atoms with van der Waals surface area (Å²) in [5.74, 6) is -0.470. The van der Waals surface area contributed by atoms with E-state index in [1.54, 1.807) is 24.3 Å². The fourth-order valence-corrected chi connectivity index (χ4v) is 2.66. The van der Waals surface area contributed by atoms with E-state index >= 15 is 0 Å². The Bertz CT molecular complexity index is 657. The Labute approximate surface area is 121 Å². The van der Waals surface area contributed by atoms with Crippen molar-refractivity contribution in [2.24, 2.45) is 0 Å². The Hall–Kier alpha value is -1.63. The number of thiophene rings is 1. The molecule has 0 aliphatic heterocycles. The second-order valence-electron chi connectivity index (χ2n) is 3.49. The van der Waals surface area contributed by atoms with Crippen molar-refractivity contribution in [3.63, 3.8) is 0 Å². The zero-order valence-electron chi connectivity index (χ0n) is 9.22. The topological polar surface area (TPSA) is 72.2 Å². The van der Waals surface area contributed by atoms with Gasteiger partial charge in [0.1, 0.15) is 4.88 Å². The van der Waals surface area contributed by atoms with Gasteiger partial charge in [0, 0.05) is 16.8 Å². The average molecular weight is 317 g/mol. The lowest BCUT2D eigenvalue weighted by Gasteiger charge is -2.02. The number of anilines is 1. The van der Waals surface area contributed by atoms with E-state index < -0.39 is 10.8 Å². The number of halogens is 2. The lowest BCUT2D eigenvalue weighted by molar-refractivity contribution is -0.384. The van der Waals surface area contributed by atoms with Crippen LogP contribution in [0, 0.1) is 10.1 Å². The van der Waals surface area contributed by atoms with Crippen LogP contribution in [0.3, 0.4) is 0 Å². The van der Waals surface area contributed by atoms with E-state index in [0.29, 0.717) is 10.7 Å². The lowest BCUT2D eigenvalue weighted by atomic mass is 10.3. The molecule has 0 aliphatic carbocycles. The molecule has 0 radical (unpaired) electrons. The van der Waals surface area contributed by atoms with Crippen molar-refractivity contribution in [1.29, 1.82) is 0 Å². The Morgan fingerprint density at radius 3 is 2.63 bits per heavy atom. The largest absolute Gasteiger partial charge is 0.321 e. The predicted octanol–water partition coefficient (Wildman–Crippen LogP) is 4.22. The number of nitrogens with zero attached hydrogens (tertiary/aromatic N) is 1. The Balaban J connectivity index is 2.21. The first kappa shape index (κ1) is 13.8. The highest BCUT2D eigenvalue weighted by Gasteiger charge is 2.21. The summed E-state index contributed by atoms with van der Waals surface area (Å²) in [4.78, 5) is 22.1. The van der Waals surface area contributed by atoms with Crippen molar-refractivity contribution < 1.29 is 9.72 Å². The second kappa shape index (κ2) is 5.56. The molecule has 5 nitrogen and oxygen atoms in total. The zero-order valence-corrected chi connectivity index (χ0v) is 11.6. The highest BCUT2D eigenvalue weighted by molar-refractivity contribution is 7.18. The van der Waals surface area contributed by atoms with Crippen molar-refractivity contribution in [3.8, 4) is 0 Å². The van der Waals surface area contributed by atoms with E-state index in [1.807, 2.05) is 0 Å². The zero-order chi connectivity index (χ0) is 14.0. The molecule has 2 rings (SSSR count).